The maximum Gasteiger partial charge on any atom is 0.188 e. The molecule has 0 spiro atoms. The van der Waals surface area contributed by atoms with Crippen molar-refractivity contribution in [3.8, 4) is 17.2 Å². The van der Waals surface area contributed by atoms with Gasteiger partial charge in [0.15, 0.2) is 18.3 Å². The maximum atomic E-state index is 14.0. The van der Waals surface area contributed by atoms with Crippen LogP contribution >= 0.6 is 8.58 Å². The molecule has 32 heavy (non-hydrogen) atoms. The normalized spacial score (nSPS) is 13.6. The van der Waals surface area contributed by atoms with Gasteiger partial charge in [-0.1, -0.05) is 41.3 Å². The van der Waals surface area contributed by atoms with Crippen molar-refractivity contribution in [2.24, 2.45) is 4.99 Å². The molecule has 2 aromatic carbocycles. The molecular formula is C25H35FNO4P. The van der Waals surface area contributed by atoms with Crippen molar-refractivity contribution in [3.05, 3.63) is 47.3 Å². The van der Waals surface area contributed by atoms with Crippen LogP contribution in [0.15, 0.2) is 35.3 Å². The van der Waals surface area contributed by atoms with Gasteiger partial charge in [-0.2, -0.15) is 0 Å². The Morgan fingerprint density at radius 1 is 1.09 bits per heavy atom. The summed E-state index contributed by atoms with van der Waals surface area (Å²) in [5.74, 6) is 1.70. The van der Waals surface area contributed by atoms with Crippen LogP contribution in [0.25, 0.3) is 0 Å². The number of aliphatic imine (C=N–C) groups is 1. The summed E-state index contributed by atoms with van der Waals surface area (Å²) in [7, 11) is 6.92. The fourth-order valence-corrected chi connectivity index (χ4v) is 5.58. The van der Waals surface area contributed by atoms with Gasteiger partial charge in [0.05, 0.1) is 14.2 Å². The van der Waals surface area contributed by atoms with Crippen LogP contribution < -0.4 is 19.5 Å². The molecule has 0 radical (unpaired) electrons. The summed E-state index contributed by atoms with van der Waals surface area (Å²) in [5.41, 5.74) is 1.82. The van der Waals surface area contributed by atoms with Crippen LogP contribution in [0, 0.1) is 5.82 Å². The molecule has 2 aromatic rings. The number of unbranched alkanes of at least 4 members (excludes halogenated alkanes) is 1. The van der Waals surface area contributed by atoms with Crippen LogP contribution in [0.2, 0.25) is 0 Å². The minimum Gasteiger partial charge on any atom is -0.497 e. The van der Waals surface area contributed by atoms with Gasteiger partial charge in [-0.15, -0.1) is 0 Å². The van der Waals surface area contributed by atoms with Crippen molar-refractivity contribution in [3.63, 3.8) is 0 Å². The molecule has 0 amide bonds. The van der Waals surface area contributed by atoms with Gasteiger partial charge in [-0.05, 0) is 36.3 Å². The van der Waals surface area contributed by atoms with Crippen molar-refractivity contribution in [1.82, 2.24) is 0 Å². The average molecular weight is 464 g/mol. The van der Waals surface area contributed by atoms with E-state index in [-0.39, 0.29) is 17.8 Å². The molecule has 0 aliphatic rings. The molecule has 2 rings (SSSR count). The highest BCUT2D eigenvalue weighted by atomic mass is 31.1. The van der Waals surface area contributed by atoms with Gasteiger partial charge < -0.3 is 18.9 Å². The van der Waals surface area contributed by atoms with E-state index in [2.05, 4.69) is 18.8 Å². The Morgan fingerprint density at radius 2 is 1.88 bits per heavy atom. The first kappa shape index (κ1) is 26.1. The van der Waals surface area contributed by atoms with Gasteiger partial charge in [-0.3, -0.25) is 4.99 Å². The Balaban J connectivity index is 2.74. The Kier molecular flexibility index (Phi) is 10.4. The molecule has 0 fully saturated rings. The van der Waals surface area contributed by atoms with Gasteiger partial charge in [0.2, 0.25) is 0 Å². The molecule has 0 N–H and O–H groups in total. The lowest BCUT2D eigenvalue weighted by Crippen LogP contribution is -2.25. The Bertz CT molecular complexity index is 906. The van der Waals surface area contributed by atoms with Crippen molar-refractivity contribution in [1.29, 1.82) is 0 Å². The summed E-state index contributed by atoms with van der Waals surface area (Å²) in [5, 5.41) is 0.809. The van der Waals surface area contributed by atoms with E-state index < -0.39 is 0 Å². The summed E-state index contributed by atoms with van der Waals surface area (Å²) in [6.07, 6.45) is 5.64. The SMILES string of the molecule is CCCCC(CC)(Pc1ccc(F)cc1/C=N/C)c1cc(OC)cc(OC)c1OCOC. The third-order valence-corrected chi connectivity index (χ3v) is 7.61. The fourth-order valence-electron chi connectivity index (χ4n) is 3.82. The molecule has 176 valence electrons. The van der Waals surface area contributed by atoms with Gasteiger partial charge in [0.1, 0.15) is 11.6 Å². The first-order valence-corrected chi connectivity index (χ1v) is 11.9. The number of methoxy groups -OCH3 is 3. The first-order valence-electron chi connectivity index (χ1n) is 10.9. The summed E-state index contributed by atoms with van der Waals surface area (Å²) in [6.45, 7) is 4.48. The van der Waals surface area contributed by atoms with Crippen LogP contribution in [0.1, 0.15) is 50.7 Å². The Hall–Kier alpha value is -2.17. The van der Waals surface area contributed by atoms with Gasteiger partial charge >= 0.3 is 0 Å². The smallest absolute Gasteiger partial charge is 0.188 e. The van der Waals surface area contributed by atoms with E-state index in [0.29, 0.717) is 25.8 Å². The highest BCUT2D eigenvalue weighted by Gasteiger charge is 2.36. The van der Waals surface area contributed by atoms with E-state index >= 15 is 0 Å². The molecular weight excluding hydrogens is 428 g/mol. The van der Waals surface area contributed by atoms with Gasteiger partial charge in [-0.25, -0.2) is 4.39 Å². The molecule has 0 saturated heterocycles. The number of rotatable bonds is 13. The third-order valence-electron chi connectivity index (χ3n) is 5.54. The van der Waals surface area contributed by atoms with Crippen LogP contribution in [-0.2, 0) is 9.89 Å². The topological polar surface area (TPSA) is 49.3 Å². The Labute approximate surface area is 193 Å². The minimum atomic E-state index is -0.267. The zero-order valence-corrected chi connectivity index (χ0v) is 21.0. The quantitative estimate of drug-likeness (QED) is 0.218. The number of hydrogen-bond acceptors (Lipinski definition) is 5. The van der Waals surface area contributed by atoms with Crippen LogP contribution in [0.4, 0.5) is 4.39 Å². The molecule has 0 saturated carbocycles. The average Bonchev–Trinajstić information content (AvgIpc) is 2.81. The summed E-state index contributed by atoms with van der Waals surface area (Å²) >= 11 is 0. The predicted molar refractivity (Wildman–Crippen MR) is 131 cm³/mol. The molecule has 0 bridgehead atoms. The number of benzene rings is 2. The third kappa shape index (κ3) is 6.20. The van der Waals surface area contributed by atoms with Crippen molar-refractivity contribution >= 4 is 20.1 Å². The number of hydrogen-bond donors (Lipinski definition) is 0. The van der Waals surface area contributed by atoms with E-state index in [1.165, 1.54) is 6.07 Å². The number of halogens is 1. The summed E-state index contributed by atoms with van der Waals surface area (Å²) in [6, 6.07) is 8.80. The van der Waals surface area contributed by atoms with E-state index in [0.717, 1.165) is 42.1 Å². The largest absolute Gasteiger partial charge is 0.497 e. The zero-order chi connectivity index (χ0) is 23.6. The van der Waals surface area contributed by atoms with Crippen molar-refractivity contribution in [2.45, 2.75) is 44.7 Å². The van der Waals surface area contributed by atoms with E-state index in [1.807, 2.05) is 18.2 Å². The van der Waals surface area contributed by atoms with Crippen LogP contribution in [-0.4, -0.2) is 41.4 Å². The first-order chi connectivity index (χ1) is 15.5. The van der Waals surface area contributed by atoms with E-state index in [4.69, 9.17) is 18.9 Å². The molecule has 0 aliphatic heterocycles. The van der Waals surface area contributed by atoms with Crippen LogP contribution in [0.3, 0.4) is 0 Å². The van der Waals surface area contributed by atoms with Crippen LogP contribution in [0.5, 0.6) is 17.2 Å². The lowest BCUT2D eigenvalue weighted by atomic mass is 9.88. The molecule has 2 unspecified atom stereocenters. The fraction of sp³-hybridized carbons (Fsp3) is 0.480. The maximum absolute atomic E-state index is 14.0. The highest BCUT2D eigenvalue weighted by Crippen LogP contribution is 2.54. The summed E-state index contributed by atoms with van der Waals surface area (Å²) in [4.78, 5) is 4.14. The summed E-state index contributed by atoms with van der Waals surface area (Å²) < 4.78 is 36.5. The van der Waals surface area contributed by atoms with E-state index in [1.54, 1.807) is 40.7 Å². The highest BCUT2D eigenvalue weighted by molar-refractivity contribution is 7.48. The standard InChI is InChI=1S/C25H35FNO4P/c1-7-9-12-25(8-2,32-23-11-10-19(26)13-18(23)16-27-3)21-14-20(29-5)15-22(30-6)24(21)31-17-28-4/h10-11,13-16,32H,7-9,12,17H2,1-6H3/b27-16+. The molecule has 2 atom stereocenters. The molecule has 0 heterocycles. The second-order valence-corrected chi connectivity index (χ2v) is 9.29. The van der Waals surface area contributed by atoms with Gasteiger partial charge in [0.25, 0.3) is 0 Å². The second-order valence-electron chi connectivity index (χ2n) is 7.54. The molecule has 7 heteroatoms. The minimum absolute atomic E-state index is 0.108. The van der Waals surface area contributed by atoms with Gasteiger partial charge in [0, 0.05) is 42.7 Å². The molecule has 0 aromatic heterocycles. The second kappa shape index (κ2) is 12.8. The predicted octanol–water partition coefficient (Wildman–Crippen LogP) is 5.67. The molecule has 0 aliphatic carbocycles. The Morgan fingerprint density at radius 3 is 2.47 bits per heavy atom. The lowest BCUT2D eigenvalue weighted by molar-refractivity contribution is 0.0478. The molecule has 5 nitrogen and oxygen atoms in total. The van der Waals surface area contributed by atoms with Crippen molar-refractivity contribution < 1.29 is 23.3 Å². The number of nitrogens with zero attached hydrogens (tertiary/aromatic N) is 1. The lowest BCUT2D eigenvalue weighted by Gasteiger charge is -2.36. The monoisotopic (exact) mass is 463 g/mol. The zero-order valence-electron chi connectivity index (χ0n) is 20.0. The van der Waals surface area contributed by atoms with E-state index in [9.17, 15) is 4.39 Å². The number of ether oxygens (including phenoxy) is 4. The van der Waals surface area contributed by atoms with Crippen molar-refractivity contribution in [2.75, 3.05) is 35.2 Å².